The molecule has 8 nitrogen and oxygen atoms in total. The number of ether oxygens (including phenoxy) is 1. The molecule has 3 aromatic rings. The predicted octanol–water partition coefficient (Wildman–Crippen LogP) is 3.74. The molecule has 0 bridgehead atoms. The maximum atomic E-state index is 12.7. The van der Waals surface area contributed by atoms with Crippen LogP contribution in [0.1, 0.15) is 40.6 Å². The number of fused-ring (bicyclic) bond motifs is 1. The SMILES string of the molecule is Cc1nc2cc(C(=O)Cc3ccc([N+](=O)[O-])cc3O)ccc2n1C1CCOCC1. The largest absolute Gasteiger partial charge is 0.507 e. The number of phenolic OH excluding ortho intramolecular Hbond substituents is 1. The lowest BCUT2D eigenvalue weighted by Gasteiger charge is -2.25. The molecule has 150 valence electrons. The monoisotopic (exact) mass is 395 g/mol. The number of rotatable bonds is 5. The molecule has 0 amide bonds. The van der Waals surface area contributed by atoms with Gasteiger partial charge in [-0.15, -0.1) is 0 Å². The van der Waals surface area contributed by atoms with E-state index in [1.807, 2.05) is 13.0 Å². The minimum absolute atomic E-state index is 0.0466. The third-order valence-electron chi connectivity index (χ3n) is 5.37. The van der Waals surface area contributed by atoms with Crippen LogP contribution in [0.25, 0.3) is 11.0 Å². The van der Waals surface area contributed by atoms with Crippen molar-refractivity contribution < 1.29 is 19.6 Å². The summed E-state index contributed by atoms with van der Waals surface area (Å²) in [6, 6.07) is 9.54. The molecule has 0 saturated carbocycles. The Morgan fingerprint density at radius 2 is 2.03 bits per heavy atom. The van der Waals surface area contributed by atoms with Gasteiger partial charge in [0.05, 0.1) is 22.0 Å². The first-order valence-electron chi connectivity index (χ1n) is 9.50. The van der Waals surface area contributed by atoms with E-state index in [9.17, 15) is 20.0 Å². The van der Waals surface area contributed by atoms with Crippen LogP contribution < -0.4 is 0 Å². The number of imidazole rings is 1. The number of Topliss-reactive ketones (excluding diaryl/α,β-unsaturated/α-hetero) is 1. The van der Waals surface area contributed by atoms with E-state index >= 15 is 0 Å². The molecule has 4 rings (SSSR count). The van der Waals surface area contributed by atoms with Crippen LogP contribution >= 0.6 is 0 Å². The third kappa shape index (κ3) is 3.71. The molecule has 1 saturated heterocycles. The summed E-state index contributed by atoms with van der Waals surface area (Å²) in [5, 5.41) is 20.8. The average Bonchev–Trinajstić information content (AvgIpc) is 3.04. The van der Waals surface area contributed by atoms with Gasteiger partial charge in [0.25, 0.3) is 5.69 Å². The van der Waals surface area contributed by atoms with Crippen LogP contribution in [0.5, 0.6) is 5.75 Å². The summed E-state index contributed by atoms with van der Waals surface area (Å²) >= 11 is 0. The van der Waals surface area contributed by atoms with E-state index in [0.29, 0.717) is 17.2 Å². The van der Waals surface area contributed by atoms with Crippen molar-refractivity contribution in [3.63, 3.8) is 0 Å². The summed E-state index contributed by atoms with van der Waals surface area (Å²) in [6.07, 6.45) is 1.83. The number of aromatic nitrogens is 2. The average molecular weight is 395 g/mol. The maximum absolute atomic E-state index is 12.7. The second kappa shape index (κ2) is 7.63. The Morgan fingerprint density at radius 1 is 1.28 bits per heavy atom. The molecular formula is C21H21N3O5. The van der Waals surface area contributed by atoms with Crippen molar-refractivity contribution in [3.8, 4) is 5.75 Å². The van der Waals surface area contributed by atoms with Crippen LogP contribution in [-0.2, 0) is 11.2 Å². The van der Waals surface area contributed by atoms with Gasteiger partial charge in [-0.25, -0.2) is 4.98 Å². The minimum Gasteiger partial charge on any atom is -0.507 e. The Kier molecular flexibility index (Phi) is 5.02. The van der Waals surface area contributed by atoms with Crippen molar-refractivity contribution in [2.24, 2.45) is 0 Å². The zero-order valence-electron chi connectivity index (χ0n) is 16.0. The van der Waals surface area contributed by atoms with Crippen molar-refractivity contribution in [1.82, 2.24) is 9.55 Å². The van der Waals surface area contributed by atoms with Crippen molar-refractivity contribution in [3.05, 3.63) is 63.5 Å². The molecule has 0 atom stereocenters. The van der Waals surface area contributed by atoms with E-state index in [1.54, 1.807) is 12.1 Å². The first kappa shape index (κ1) is 19.1. The number of nitro benzene ring substituents is 1. The van der Waals surface area contributed by atoms with Crippen LogP contribution in [-0.4, -0.2) is 38.6 Å². The van der Waals surface area contributed by atoms with Crippen molar-refractivity contribution in [1.29, 1.82) is 0 Å². The zero-order chi connectivity index (χ0) is 20.5. The molecule has 1 aliphatic heterocycles. The van der Waals surface area contributed by atoms with E-state index in [-0.39, 0.29) is 23.6 Å². The number of nitrogens with zero attached hydrogens (tertiary/aromatic N) is 3. The number of benzene rings is 2. The molecule has 0 aliphatic carbocycles. The molecule has 8 heteroatoms. The van der Waals surface area contributed by atoms with Gasteiger partial charge < -0.3 is 14.4 Å². The fourth-order valence-electron chi connectivity index (χ4n) is 3.89. The normalized spacial score (nSPS) is 14.9. The fraction of sp³-hybridized carbons (Fsp3) is 0.333. The van der Waals surface area contributed by atoms with E-state index in [2.05, 4.69) is 9.55 Å². The lowest BCUT2D eigenvalue weighted by molar-refractivity contribution is -0.384. The van der Waals surface area contributed by atoms with Crippen molar-refractivity contribution in [2.75, 3.05) is 13.2 Å². The van der Waals surface area contributed by atoms with Gasteiger partial charge in [0.15, 0.2) is 5.78 Å². The number of hydrogen-bond acceptors (Lipinski definition) is 6. The summed E-state index contributed by atoms with van der Waals surface area (Å²) in [6.45, 7) is 3.43. The highest BCUT2D eigenvalue weighted by Gasteiger charge is 2.21. The zero-order valence-corrected chi connectivity index (χ0v) is 16.0. The Bertz CT molecular complexity index is 1100. The number of carbonyl (C=O) groups is 1. The van der Waals surface area contributed by atoms with E-state index < -0.39 is 4.92 Å². The number of aryl methyl sites for hydroxylation is 1. The highest BCUT2D eigenvalue weighted by atomic mass is 16.6. The van der Waals surface area contributed by atoms with E-state index in [4.69, 9.17) is 4.74 Å². The Morgan fingerprint density at radius 3 is 2.72 bits per heavy atom. The van der Waals surface area contributed by atoms with Crippen LogP contribution in [0, 0.1) is 17.0 Å². The first-order valence-corrected chi connectivity index (χ1v) is 9.50. The second-order valence-corrected chi connectivity index (χ2v) is 7.25. The molecule has 2 heterocycles. The smallest absolute Gasteiger partial charge is 0.273 e. The summed E-state index contributed by atoms with van der Waals surface area (Å²) in [5.41, 5.74) is 2.38. The first-order chi connectivity index (χ1) is 13.9. The maximum Gasteiger partial charge on any atom is 0.273 e. The van der Waals surface area contributed by atoms with Gasteiger partial charge in [0.2, 0.25) is 0 Å². The minimum atomic E-state index is -0.587. The molecule has 2 aromatic carbocycles. The van der Waals surface area contributed by atoms with Gasteiger partial charge in [-0.2, -0.15) is 0 Å². The Labute approximate surface area is 166 Å². The summed E-state index contributed by atoms with van der Waals surface area (Å²) in [7, 11) is 0. The van der Waals surface area contributed by atoms with Gasteiger partial charge in [0, 0.05) is 42.9 Å². The summed E-state index contributed by atoms with van der Waals surface area (Å²) in [4.78, 5) is 27.6. The molecule has 1 N–H and O–H groups in total. The Balaban J connectivity index is 1.59. The molecule has 1 aromatic heterocycles. The lowest BCUT2D eigenvalue weighted by atomic mass is 10.0. The number of ketones is 1. The van der Waals surface area contributed by atoms with Crippen LogP contribution in [0.3, 0.4) is 0 Å². The highest BCUT2D eigenvalue weighted by Crippen LogP contribution is 2.29. The predicted molar refractivity (Wildman–Crippen MR) is 106 cm³/mol. The Hall–Kier alpha value is -3.26. The lowest BCUT2D eigenvalue weighted by Crippen LogP contribution is -2.20. The molecule has 0 unspecified atom stereocenters. The third-order valence-corrected chi connectivity index (χ3v) is 5.37. The number of phenols is 1. The van der Waals surface area contributed by atoms with Crippen molar-refractivity contribution >= 4 is 22.5 Å². The molecule has 1 fully saturated rings. The molecule has 0 radical (unpaired) electrons. The molecule has 1 aliphatic rings. The quantitative estimate of drug-likeness (QED) is 0.401. The number of hydrogen-bond donors (Lipinski definition) is 1. The van der Waals surface area contributed by atoms with Gasteiger partial charge >= 0.3 is 0 Å². The number of aromatic hydroxyl groups is 1. The van der Waals surface area contributed by atoms with Crippen LogP contribution in [0.4, 0.5) is 5.69 Å². The fourth-order valence-corrected chi connectivity index (χ4v) is 3.89. The number of carbonyl (C=O) groups excluding carboxylic acids is 1. The molecule has 29 heavy (non-hydrogen) atoms. The van der Waals surface area contributed by atoms with E-state index in [0.717, 1.165) is 49.0 Å². The topological polar surface area (TPSA) is 107 Å². The van der Waals surface area contributed by atoms with E-state index in [1.165, 1.54) is 12.1 Å². The standard InChI is InChI=1S/C21H21N3O5/c1-13-22-18-10-14(3-5-19(18)23(13)16-6-8-29-9-7-16)20(25)11-15-2-4-17(24(27)28)12-21(15)26/h2-5,10,12,16,26H,6-9,11H2,1H3. The van der Waals surface area contributed by atoms with Gasteiger partial charge in [-0.3, -0.25) is 14.9 Å². The summed E-state index contributed by atoms with van der Waals surface area (Å²) < 4.78 is 7.67. The van der Waals surface area contributed by atoms with Crippen molar-refractivity contribution in [2.45, 2.75) is 32.2 Å². The number of non-ortho nitro benzene ring substituents is 1. The van der Waals surface area contributed by atoms with Gasteiger partial charge in [-0.1, -0.05) is 0 Å². The van der Waals surface area contributed by atoms with Crippen LogP contribution in [0.15, 0.2) is 36.4 Å². The van der Waals surface area contributed by atoms with Crippen LogP contribution in [0.2, 0.25) is 0 Å². The summed E-state index contributed by atoms with van der Waals surface area (Å²) in [5.74, 6) is 0.465. The van der Waals surface area contributed by atoms with Gasteiger partial charge in [-0.05, 0) is 44.0 Å². The number of nitro groups is 1. The van der Waals surface area contributed by atoms with Gasteiger partial charge in [0.1, 0.15) is 11.6 Å². The molecule has 0 spiro atoms. The second-order valence-electron chi connectivity index (χ2n) is 7.25. The highest BCUT2D eigenvalue weighted by molar-refractivity contribution is 6.00. The molecular weight excluding hydrogens is 374 g/mol.